The van der Waals surface area contributed by atoms with Gasteiger partial charge in [0.1, 0.15) is 5.75 Å². The Balaban J connectivity index is 1.98. The van der Waals surface area contributed by atoms with Crippen LogP contribution in [0.3, 0.4) is 0 Å². The van der Waals surface area contributed by atoms with Gasteiger partial charge in [-0.15, -0.1) is 0 Å². The molecule has 104 valence electrons. The van der Waals surface area contributed by atoms with Crippen LogP contribution in [0.5, 0.6) is 5.75 Å². The molecule has 0 fully saturated rings. The van der Waals surface area contributed by atoms with Gasteiger partial charge in [0, 0.05) is 11.5 Å². The lowest BCUT2D eigenvalue weighted by molar-refractivity contribution is 0.0484. The fraction of sp³-hybridized carbons (Fsp3) is 0.235. The average Bonchev–Trinajstić information content (AvgIpc) is 2.45. The fourth-order valence-electron chi connectivity index (χ4n) is 2.02. The summed E-state index contributed by atoms with van der Waals surface area (Å²) >= 11 is 0. The predicted octanol–water partition coefficient (Wildman–Crippen LogP) is 3.66. The number of aryl methyl sites for hydroxylation is 1. The number of hydrogen-bond donors (Lipinski definition) is 1. The first-order chi connectivity index (χ1) is 9.58. The lowest BCUT2D eigenvalue weighted by Crippen LogP contribution is -2.11. The predicted molar refractivity (Wildman–Crippen MR) is 78.0 cm³/mol. The third kappa shape index (κ3) is 3.38. The maximum absolute atomic E-state index is 11.8. The molecule has 20 heavy (non-hydrogen) atoms. The minimum Gasteiger partial charge on any atom is -0.508 e. The Kier molecular flexibility index (Phi) is 4.41. The molecule has 0 bridgehead atoms. The summed E-state index contributed by atoms with van der Waals surface area (Å²) in [5.41, 5.74) is 2.32. The maximum Gasteiger partial charge on any atom is 0.338 e. The van der Waals surface area contributed by atoms with Crippen molar-refractivity contribution in [1.82, 2.24) is 0 Å². The minimum atomic E-state index is -0.343. The van der Waals surface area contributed by atoms with E-state index >= 15 is 0 Å². The molecule has 0 aliphatic rings. The highest BCUT2D eigenvalue weighted by atomic mass is 16.5. The van der Waals surface area contributed by atoms with Gasteiger partial charge in [0.25, 0.3) is 0 Å². The normalized spacial score (nSPS) is 11.9. The number of esters is 1. The van der Waals surface area contributed by atoms with Gasteiger partial charge in [-0.2, -0.15) is 0 Å². The van der Waals surface area contributed by atoms with Crippen LogP contribution >= 0.6 is 0 Å². The van der Waals surface area contributed by atoms with E-state index in [1.807, 2.05) is 32.0 Å². The molecule has 1 N–H and O–H groups in total. The lowest BCUT2D eigenvalue weighted by Gasteiger charge is -2.14. The summed E-state index contributed by atoms with van der Waals surface area (Å²) in [6.45, 7) is 4.08. The average molecular weight is 270 g/mol. The Morgan fingerprint density at radius 3 is 2.55 bits per heavy atom. The second-order valence-electron chi connectivity index (χ2n) is 4.93. The standard InChI is InChI=1S/C17H18O3/c1-12-8-9-15(16(18)10-12)13(2)11-20-17(19)14-6-4-3-5-7-14/h3-10,13,18H,11H2,1-2H3. The van der Waals surface area contributed by atoms with E-state index in [4.69, 9.17) is 4.74 Å². The van der Waals surface area contributed by atoms with Gasteiger partial charge in [-0.1, -0.05) is 37.3 Å². The summed E-state index contributed by atoms with van der Waals surface area (Å²) in [6.07, 6.45) is 0. The van der Waals surface area contributed by atoms with Crippen LogP contribution in [0.4, 0.5) is 0 Å². The van der Waals surface area contributed by atoms with Crippen LogP contribution in [0, 0.1) is 6.92 Å². The Bertz CT molecular complexity index is 590. The molecule has 0 spiro atoms. The SMILES string of the molecule is Cc1ccc(C(C)COC(=O)c2ccccc2)c(O)c1. The van der Waals surface area contributed by atoms with Crippen molar-refractivity contribution in [2.24, 2.45) is 0 Å². The van der Waals surface area contributed by atoms with Crippen LogP contribution in [0.2, 0.25) is 0 Å². The van der Waals surface area contributed by atoms with Crippen LogP contribution in [0.15, 0.2) is 48.5 Å². The summed E-state index contributed by atoms with van der Waals surface area (Å²) in [7, 11) is 0. The Morgan fingerprint density at radius 2 is 1.90 bits per heavy atom. The summed E-state index contributed by atoms with van der Waals surface area (Å²) in [5.74, 6) is -0.152. The van der Waals surface area contributed by atoms with Gasteiger partial charge in [-0.3, -0.25) is 0 Å². The molecular formula is C17H18O3. The van der Waals surface area contributed by atoms with Crippen molar-refractivity contribution in [3.63, 3.8) is 0 Å². The fourth-order valence-corrected chi connectivity index (χ4v) is 2.02. The van der Waals surface area contributed by atoms with Gasteiger partial charge >= 0.3 is 5.97 Å². The van der Waals surface area contributed by atoms with E-state index in [0.717, 1.165) is 11.1 Å². The molecule has 2 aromatic carbocycles. The van der Waals surface area contributed by atoms with Crippen LogP contribution in [0.25, 0.3) is 0 Å². The second-order valence-corrected chi connectivity index (χ2v) is 4.93. The highest BCUT2D eigenvalue weighted by Gasteiger charge is 2.14. The van der Waals surface area contributed by atoms with Crippen molar-refractivity contribution in [2.75, 3.05) is 6.61 Å². The van der Waals surface area contributed by atoms with Gasteiger partial charge in [0.05, 0.1) is 12.2 Å². The van der Waals surface area contributed by atoms with Gasteiger partial charge in [-0.05, 0) is 30.7 Å². The summed E-state index contributed by atoms with van der Waals surface area (Å²) in [4.78, 5) is 11.8. The lowest BCUT2D eigenvalue weighted by atomic mass is 9.99. The van der Waals surface area contributed by atoms with E-state index in [1.54, 1.807) is 30.3 Å². The first-order valence-corrected chi connectivity index (χ1v) is 6.59. The molecule has 3 nitrogen and oxygen atoms in total. The molecule has 0 aromatic heterocycles. The Morgan fingerprint density at radius 1 is 1.20 bits per heavy atom. The number of aromatic hydroxyl groups is 1. The molecule has 0 aliphatic heterocycles. The quantitative estimate of drug-likeness (QED) is 0.862. The minimum absolute atomic E-state index is 0.0525. The van der Waals surface area contributed by atoms with E-state index in [-0.39, 0.29) is 24.2 Å². The molecule has 1 unspecified atom stereocenters. The Labute approximate surface area is 118 Å². The van der Waals surface area contributed by atoms with Crippen molar-refractivity contribution in [1.29, 1.82) is 0 Å². The highest BCUT2D eigenvalue weighted by molar-refractivity contribution is 5.89. The van der Waals surface area contributed by atoms with Gasteiger partial charge < -0.3 is 9.84 Å². The van der Waals surface area contributed by atoms with Crippen LogP contribution in [-0.2, 0) is 4.74 Å². The van der Waals surface area contributed by atoms with Crippen molar-refractivity contribution in [3.05, 3.63) is 65.2 Å². The zero-order valence-corrected chi connectivity index (χ0v) is 11.7. The number of rotatable bonds is 4. The Hall–Kier alpha value is -2.29. The van der Waals surface area contributed by atoms with Gasteiger partial charge in [0.2, 0.25) is 0 Å². The molecule has 1 atom stereocenters. The van der Waals surface area contributed by atoms with Crippen LogP contribution < -0.4 is 0 Å². The molecule has 0 amide bonds. The molecule has 0 saturated carbocycles. The van der Waals surface area contributed by atoms with Crippen molar-refractivity contribution in [3.8, 4) is 5.75 Å². The van der Waals surface area contributed by atoms with Crippen molar-refractivity contribution in [2.45, 2.75) is 19.8 Å². The van der Waals surface area contributed by atoms with E-state index in [2.05, 4.69) is 0 Å². The molecule has 0 heterocycles. The second kappa shape index (κ2) is 6.24. The molecule has 2 aromatic rings. The molecule has 0 aliphatic carbocycles. The third-order valence-electron chi connectivity index (χ3n) is 3.19. The first-order valence-electron chi connectivity index (χ1n) is 6.59. The van der Waals surface area contributed by atoms with E-state index in [0.29, 0.717) is 5.56 Å². The first kappa shape index (κ1) is 14.1. The van der Waals surface area contributed by atoms with E-state index in [9.17, 15) is 9.90 Å². The number of phenolic OH excluding ortho intramolecular Hbond substituents is 1. The number of carbonyl (C=O) groups is 1. The number of phenols is 1. The van der Waals surface area contributed by atoms with Crippen LogP contribution in [0.1, 0.15) is 34.3 Å². The number of hydrogen-bond acceptors (Lipinski definition) is 3. The maximum atomic E-state index is 11.8. The molecule has 2 rings (SSSR count). The number of ether oxygens (including phenoxy) is 1. The summed E-state index contributed by atoms with van der Waals surface area (Å²) in [5, 5.41) is 9.90. The zero-order chi connectivity index (χ0) is 14.5. The summed E-state index contributed by atoms with van der Waals surface area (Å²) in [6, 6.07) is 14.4. The molecule has 0 saturated heterocycles. The molecule has 3 heteroatoms. The zero-order valence-electron chi connectivity index (χ0n) is 11.7. The third-order valence-corrected chi connectivity index (χ3v) is 3.19. The number of carbonyl (C=O) groups excluding carboxylic acids is 1. The van der Waals surface area contributed by atoms with Crippen molar-refractivity contribution < 1.29 is 14.6 Å². The largest absolute Gasteiger partial charge is 0.508 e. The van der Waals surface area contributed by atoms with E-state index in [1.165, 1.54) is 0 Å². The molecule has 0 radical (unpaired) electrons. The van der Waals surface area contributed by atoms with Crippen LogP contribution in [-0.4, -0.2) is 17.7 Å². The topological polar surface area (TPSA) is 46.5 Å². The molecular weight excluding hydrogens is 252 g/mol. The van der Waals surface area contributed by atoms with E-state index < -0.39 is 0 Å². The monoisotopic (exact) mass is 270 g/mol. The smallest absolute Gasteiger partial charge is 0.338 e. The van der Waals surface area contributed by atoms with Gasteiger partial charge in [-0.25, -0.2) is 4.79 Å². The summed E-state index contributed by atoms with van der Waals surface area (Å²) < 4.78 is 5.28. The van der Waals surface area contributed by atoms with Crippen molar-refractivity contribution >= 4 is 5.97 Å². The van der Waals surface area contributed by atoms with Gasteiger partial charge in [0.15, 0.2) is 0 Å². The highest BCUT2D eigenvalue weighted by Crippen LogP contribution is 2.26. The number of benzene rings is 2.